The third-order valence-corrected chi connectivity index (χ3v) is 3.96. The van der Waals surface area contributed by atoms with Crippen molar-refractivity contribution in [1.82, 2.24) is 10.2 Å². The molecule has 0 bridgehead atoms. The summed E-state index contributed by atoms with van der Waals surface area (Å²) in [5.74, 6) is 2.71. The summed E-state index contributed by atoms with van der Waals surface area (Å²) in [6.07, 6.45) is 3.45. The third-order valence-electron chi connectivity index (χ3n) is 3.96. The van der Waals surface area contributed by atoms with Gasteiger partial charge in [-0.1, -0.05) is 6.07 Å². The molecular weight excluding hydrogens is 278 g/mol. The zero-order valence-electron chi connectivity index (χ0n) is 13.3. The van der Waals surface area contributed by atoms with E-state index in [0.29, 0.717) is 6.54 Å². The summed E-state index contributed by atoms with van der Waals surface area (Å²) in [4.78, 5) is 7.11. The fourth-order valence-corrected chi connectivity index (χ4v) is 2.83. The predicted molar refractivity (Wildman–Crippen MR) is 87.7 cm³/mol. The number of guanidine groups is 1. The number of fused-ring (bicyclic) bond motifs is 1. The van der Waals surface area contributed by atoms with Gasteiger partial charge in [-0.2, -0.15) is 0 Å². The predicted octanol–water partition coefficient (Wildman–Crippen LogP) is 2.41. The van der Waals surface area contributed by atoms with Crippen molar-refractivity contribution in [3.63, 3.8) is 0 Å². The lowest BCUT2D eigenvalue weighted by Crippen LogP contribution is -2.39. The van der Waals surface area contributed by atoms with Crippen molar-refractivity contribution in [2.45, 2.75) is 32.7 Å². The zero-order valence-corrected chi connectivity index (χ0v) is 13.3. The minimum atomic E-state index is 0.662. The van der Waals surface area contributed by atoms with E-state index in [4.69, 9.17) is 14.5 Å². The summed E-state index contributed by atoms with van der Waals surface area (Å²) in [6.45, 7) is 7.32. The second-order valence-corrected chi connectivity index (χ2v) is 5.70. The molecule has 1 aromatic carbocycles. The van der Waals surface area contributed by atoms with E-state index in [9.17, 15) is 0 Å². The highest BCUT2D eigenvalue weighted by Crippen LogP contribution is 2.30. The molecule has 0 spiro atoms. The highest BCUT2D eigenvalue weighted by Gasteiger charge is 2.15. The van der Waals surface area contributed by atoms with Gasteiger partial charge in [0.05, 0.1) is 19.8 Å². The van der Waals surface area contributed by atoms with E-state index in [1.807, 2.05) is 6.07 Å². The Hall–Kier alpha value is -1.91. The van der Waals surface area contributed by atoms with Crippen molar-refractivity contribution in [2.24, 2.45) is 4.99 Å². The molecule has 0 aromatic heterocycles. The fraction of sp³-hybridized carbons (Fsp3) is 0.588. The molecule has 2 heterocycles. The number of hydrogen-bond donors (Lipinski definition) is 1. The molecule has 22 heavy (non-hydrogen) atoms. The maximum Gasteiger partial charge on any atom is 0.194 e. The van der Waals surface area contributed by atoms with E-state index in [0.717, 1.165) is 62.3 Å². The van der Waals surface area contributed by atoms with Crippen LogP contribution in [0.25, 0.3) is 0 Å². The van der Waals surface area contributed by atoms with Crippen molar-refractivity contribution < 1.29 is 9.47 Å². The molecule has 0 radical (unpaired) electrons. The van der Waals surface area contributed by atoms with E-state index in [1.165, 1.54) is 12.8 Å². The number of likely N-dealkylation sites (tertiary alicyclic amines) is 1. The van der Waals surface area contributed by atoms with Crippen LogP contribution < -0.4 is 14.8 Å². The van der Waals surface area contributed by atoms with Gasteiger partial charge in [0.1, 0.15) is 0 Å². The first kappa shape index (κ1) is 15.0. The van der Waals surface area contributed by atoms with E-state index < -0.39 is 0 Å². The van der Waals surface area contributed by atoms with E-state index in [1.54, 1.807) is 0 Å². The maximum absolute atomic E-state index is 5.74. The summed E-state index contributed by atoms with van der Waals surface area (Å²) in [7, 11) is 0. The van der Waals surface area contributed by atoms with Crippen LogP contribution in [0, 0.1) is 0 Å². The molecule has 2 aliphatic rings. The number of nitrogens with zero attached hydrogens (tertiary/aromatic N) is 2. The van der Waals surface area contributed by atoms with Gasteiger partial charge in [-0.15, -0.1) is 0 Å². The lowest BCUT2D eigenvalue weighted by atomic mass is 10.2. The number of rotatable bonds is 3. The third kappa shape index (κ3) is 3.64. The summed E-state index contributed by atoms with van der Waals surface area (Å²) < 4.78 is 11.4. The highest BCUT2D eigenvalue weighted by atomic mass is 16.5. The van der Waals surface area contributed by atoms with Gasteiger partial charge >= 0.3 is 0 Å². The van der Waals surface area contributed by atoms with Gasteiger partial charge in [0.2, 0.25) is 0 Å². The number of hydrogen-bond acceptors (Lipinski definition) is 3. The van der Waals surface area contributed by atoms with Crippen LogP contribution >= 0.6 is 0 Å². The quantitative estimate of drug-likeness (QED) is 0.688. The molecule has 0 amide bonds. The molecule has 1 saturated heterocycles. The van der Waals surface area contributed by atoms with Crippen LogP contribution in [0.2, 0.25) is 0 Å². The van der Waals surface area contributed by atoms with Crippen molar-refractivity contribution >= 4 is 5.96 Å². The van der Waals surface area contributed by atoms with Crippen LogP contribution in [0.5, 0.6) is 11.5 Å². The Labute approximate surface area is 132 Å². The topological polar surface area (TPSA) is 46.1 Å². The second-order valence-electron chi connectivity index (χ2n) is 5.70. The molecule has 5 heteroatoms. The van der Waals surface area contributed by atoms with Crippen molar-refractivity contribution in [1.29, 1.82) is 0 Å². The molecular formula is C17H25N3O2. The van der Waals surface area contributed by atoms with Gasteiger partial charge in [0.15, 0.2) is 17.5 Å². The van der Waals surface area contributed by atoms with Crippen molar-refractivity contribution in [2.75, 3.05) is 32.8 Å². The molecule has 0 atom stereocenters. The Morgan fingerprint density at radius 3 is 2.68 bits per heavy atom. The summed E-state index contributed by atoms with van der Waals surface area (Å²) in [5, 5.41) is 3.39. The van der Waals surface area contributed by atoms with Crippen molar-refractivity contribution in [3.05, 3.63) is 23.8 Å². The number of ether oxygens (including phenoxy) is 2. The molecule has 0 unspecified atom stereocenters. The Balaban J connectivity index is 1.71. The van der Waals surface area contributed by atoms with Gasteiger partial charge in [0, 0.05) is 26.1 Å². The SMILES string of the molecule is CCNC(=NCc1ccc2c(c1)OCCCO2)N1CCCC1. The fourth-order valence-electron chi connectivity index (χ4n) is 2.83. The Bertz CT molecular complexity index is 525. The lowest BCUT2D eigenvalue weighted by molar-refractivity contribution is 0.297. The van der Waals surface area contributed by atoms with Crippen LogP contribution in [-0.2, 0) is 6.54 Å². The molecule has 120 valence electrons. The molecule has 0 aliphatic carbocycles. The van der Waals surface area contributed by atoms with Crippen LogP contribution in [0.3, 0.4) is 0 Å². The molecule has 0 saturated carbocycles. The minimum Gasteiger partial charge on any atom is -0.490 e. The van der Waals surface area contributed by atoms with Crippen LogP contribution in [0.1, 0.15) is 31.7 Å². The monoisotopic (exact) mass is 303 g/mol. The van der Waals surface area contributed by atoms with Gasteiger partial charge in [-0.05, 0) is 37.5 Å². The van der Waals surface area contributed by atoms with Gasteiger partial charge in [-0.25, -0.2) is 4.99 Å². The normalized spacial score (nSPS) is 18.2. The number of aliphatic imine (C=N–C) groups is 1. The Morgan fingerprint density at radius 2 is 1.91 bits per heavy atom. The van der Waals surface area contributed by atoms with E-state index in [-0.39, 0.29) is 0 Å². The van der Waals surface area contributed by atoms with E-state index >= 15 is 0 Å². The first-order chi connectivity index (χ1) is 10.9. The van der Waals surface area contributed by atoms with Gasteiger partial charge in [0.25, 0.3) is 0 Å². The zero-order chi connectivity index (χ0) is 15.2. The molecule has 2 aliphatic heterocycles. The summed E-state index contributed by atoms with van der Waals surface area (Å²) in [5.41, 5.74) is 1.15. The first-order valence-corrected chi connectivity index (χ1v) is 8.28. The Morgan fingerprint density at radius 1 is 1.14 bits per heavy atom. The first-order valence-electron chi connectivity index (χ1n) is 8.28. The molecule has 1 fully saturated rings. The van der Waals surface area contributed by atoms with Gasteiger partial charge < -0.3 is 19.7 Å². The van der Waals surface area contributed by atoms with Gasteiger partial charge in [-0.3, -0.25) is 0 Å². The molecule has 5 nitrogen and oxygen atoms in total. The average Bonchev–Trinajstić information content (AvgIpc) is 2.97. The average molecular weight is 303 g/mol. The lowest BCUT2D eigenvalue weighted by Gasteiger charge is -2.20. The van der Waals surface area contributed by atoms with E-state index in [2.05, 4.69) is 29.3 Å². The Kier molecular flexibility index (Phi) is 5.03. The summed E-state index contributed by atoms with van der Waals surface area (Å²) in [6, 6.07) is 6.12. The summed E-state index contributed by atoms with van der Waals surface area (Å²) >= 11 is 0. The molecule has 1 N–H and O–H groups in total. The van der Waals surface area contributed by atoms with Crippen LogP contribution in [0.15, 0.2) is 23.2 Å². The maximum atomic E-state index is 5.74. The van der Waals surface area contributed by atoms with Crippen molar-refractivity contribution in [3.8, 4) is 11.5 Å². The minimum absolute atomic E-state index is 0.662. The number of nitrogens with one attached hydrogen (secondary N) is 1. The highest BCUT2D eigenvalue weighted by molar-refractivity contribution is 5.80. The molecule has 1 aromatic rings. The largest absolute Gasteiger partial charge is 0.490 e. The standard InChI is InChI=1S/C17H25N3O2/c1-2-18-17(20-8-3-4-9-20)19-13-14-6-7-15-16(12-14)22-11-5-10-21-15/h6-7,12H,2-5,8-11,13H2,1H3,(H,18,19). The molecule has 3 rings (SSSR count). The second kappa shape index (κ2) is 7.38. The van der Waals surface area contributed by atoms with Crippen LogP contribution in [0.4, 0.5) is 0 Å². The van der Waals surface area contributed by atoms with Crippen LogP contribution in [-0.4, -0.2) is 43.7 Å². The smallest absolute Gasteiger partial charge is 0.194 e. The number of benzene rings is 1.